The van der Waals surface area contributed by atoms with Gasteiger partial charge in [0, 0.05) is 17.2 Å². The van der Waals surface area contributed by atoms with Crippen LogP contribution in [0.4, 0.5) is 0 Å². The van der Waals surface area contributed by atoms with Crippen LogP contribution in [-0.4, -0.2) is 38.6 Å². The molecule has 1 aromatic heterocycles. The molecule has 0 aliphatic heterocycles. The third-order valence-corrected chi connectivity index (χ3v) is 4.99. The molecule has 4 rings (SSSR count). The molecule has 4 aromatic rings. The molecule has 8 heteroatoms. The van der Waals surface area contributed by atoms with Crippen molar-refractivity contribution in [3.8, 4) is 51.6 Å². The monoisotopic (exact) mass is 448 g/mol. The predicted octanol–water partition coefficient (Wildman–Crippen LogP) is 5.02. The maximum Gasteiger partial charge on any atom is 0.258 e. The van der Waals surface area contributed by atoms with E-state index in [0.717, 1.165) is 16.7 Å². The van der Waals surface area contributed by atoms with E-state index in [9.17, 15) is 0 Å². The van der Waals surface area contributed by atoms with E-state index in [1.807, 2.05) is 48.5 Å². The van der Waals surface area contributed by atoms with Gasteiger partial charge in [0.15, 0.2) is 11.5 Å². The van der Waals surface area contributed by atoms with E-state index < -0.39 is 0 Å². The van der Waals surface area contributed by atoms with Crippen LogP contribution in [0.25, 0.3) is 22.8 Å². The molecule has 33 heavy (non-hydrogen) atoms. The van der Waals surface area contributed by atoms with Crippen LogP contribution < -0.4 is 23.7 Å². The second kappa shape index (κ2) is 9.95. The minimum Gasteiger partial charge on any atom is -0.497 e. The number of rotatable bonds is 9. The Morgan fingerprint density at radius 3 is 1.97 bits per heavy atom. The van der Waals surface area contributed by atoms with Gasteiger partial charge in [0.05, 0.1) is 28.4 Å². The molecule has 0 amide bonds. The number of benzene rings is 3. The summed E-state index contributed by atoms with van der Waals surface area (Å²) >= 11 is 0. The predicted molar refractivity (Wildman–Crippen MR) is 122 cm³/mol. The van der Waals surface area contributed by atoms with Crippen molar-refractivity contribution in [2.24, 2.45) is 0 Å². The number of nitrogens with zero attached hydrogens (tertiary/aromatic N) is 2. The van der Waals surface area contributed by atoms with Crippen molar-refractivity contribution in [3.63, 3.8) is 0 Å². The van der Waals surface area contributed by atoms with Gasteiger partial charge in [0.2, 0.25) is 5.82 Å². The average molecular weight is 448 g/mol. The van der Waals surface area contributed by atoms with E-state index in [-0.39, 0.29) is 0 Å². The molecular formula is C25H24N2O6. The number of hydrogen-bond donors (Lipinski definition) is 0. The summed E-state index contributed by atoms with van der Waals surface area (Å²) < 4.78 is 32.6. The summed E-state index contributed by atoms with van der Waals surface area (Å²) in [4.78, 5) is 4.50. The molecule has 0 fully saturated rings. The molecule has 0 aliphatic carbocycles. The van der Waals surface area contributed by atoms with Gasteiger partial charge < -0.3 is 28.2 Å². The molecule has 0 aliphatic rings. The van der Waals surface area contributed by atoms with Crippen molar-refractivity contribution in [2.45, 2.75) is 6.61 Å². The summed E-state index contributed by atoms with van der Waals surface area (Å²) in [5, 5.41) is 4.10. The summed E-state index contributed by atoms with van der Waals surface area (Å²) in [7, 11) is 6.40. The lowest BCUT2D eigenvalue weighted by atomic mass is 10.2. The van der Waals surface area contributed by atoms with Crippen LogP contribution in [0.5, 0.6) is 28.7 Å². The molecule has 0 atom stereocenters. The third kappa shape index (κ3) is 5.01. The van der Waals surface area contributed by atoms with Crippen LogP contribution in [0.2, 0.25) is 0 Å². The maximum absolute atomic E-state index is 5.90. The first-order chi connectivity index (χ1) is 16.1. The quantitative estimate of drug-likeness (QED) is 0.353. The van der Waals surface area contributed by atoms with Gasteiger partial charge >= 0.3 is 0 Å². The molecule has 3 aromatic carbocycles. The highest BCUT2D eigenvalue weighted by Gasteiger charge is 2.14. The van der Waals surface area contributed by atoms with Crippen molar-refractivity contribution < 1.29 is 28.2 Å². The highest BCUT2D eigenvalue weighted by Crippen LogP contribution is 2.32. The molecule has 0 saturated carbocycles. The normalized spacial score (nSPS) is 10.5. The lowest BCUT2D eigenvalue weighted by Gasteiger charge is -2.10. The number of hydrogen-bond acceptors (Lipinski definition) is 8. The Balaban J connectivity index is 1.46. The van der Waals surface area contributed by atoms with Gasteiger partial charge in [-0.05, 0) is 60.2 Å². The zero-order valence-corrected chi connectivity index (χ0v) is 18.8. The van der Waals surface area contributed by atoms with E-state index >= 15 is 0 Å². The topological polar surface area (TPSA) is 85.1 Å². The third-order valence-electron chi connectivity index (χ3n) is 4.99. The zero-order valence-electron chi connectivity index (χ0n) is 18.8. The Labute approximate surface area is 191 Å². The second-order valence-electron chi connectivity index (χ2n) is 7.03. The van der Waals surface area contributed by atoms with Crippen LogP contribution in [0.15, 0.2) is 65.2 Å². The van der Waals surface area contributed by atoms with E-state index in [1.165, 1.54) is 0 Å². The van der Waals surface area contributed by atoms with Crippen LogP contribution >= 0.6 is 0 Å². The van der Waals surface area contributed by atoms with Gasteiger partial charge in [0.25, 0.3) is 5.89 Å². The fourth-order valence-corrected chi connectivity index (χ4v) is 3.24. The average Bonchev–Trinajstić information content (AvgIpc) is 3.37. The van der Waals surface area contributed by atoms with Crippen molar-refractivity contribution in [1.29, 1.82) is 0 Å². The van der Waals surface area contributed by atoms with Gasteiger partial charge in [-0.1, -0.05) is 5.16 Å². The summed E-state index contributed by atoms with van der Waals surface area (Å²) in [5.74, 6) is 4.22. The summed E-state index contributed by atoms with van der Waals surface area (Å²) in [6.07, 6.45) is 0. The molecular weight excluding hydrogens is 424 g/mol. The highest BCUT2D eigenvalue weighted by atomic mass is 16.5. The summed E-state index contributed by atoms with van der Waals surface area (Å²) in [6, 6.07) is 18.5. The van der Waals surface area contributed by atoms with Gasteiger partial charge in [-0.2, -0.15) is 4.98 Å². The fourth-order valence-electron chi connectivity index (χ4n) is 3.24. The lowest BCUT2D eigenvalue weighted by molar-refractivity contribution is 0.304. The fraction of sp³-hybridized carbons (Fsp3) is 0.200. The van der Waals surface area contributed by atoms with Crippen molar-refractivity contribution in [3.05, 3.63) is 66.2 Å². The lowest BCUT2D eigenvalue weighted by Crippen LogP contribution is -1.97. The Morgan fingerprint density at radius 2 is 1.33 bits per heavy atom. The van der Waals surface area contributed by atoms with E-state index in [4.69, 9.17) is 28.2 Å². The molecule has 170 valence electrons. The molecule has 8 nitrogen and oxygen atoms in total. The molecule has 0 spiro atoms. The Hall–Kier alpha value is -4.20. The molecule has 0 bridgehead atoms. The molecule has 0 saturated heterocycles. The second-order valence-corrected chi connectivity index (χ2v) is 7.03. The first-order valence-corrected chi connectivity index (χ1v) is 10.1. The van der Waals surface area contributed by atoms with Gasteiger partial charge in [0.1, 0.15) is 23.9 Å². The first-order valence-electron chi connectivity index (χ1n) is 10.1. The van der Waals surface area contributed by atoms with E-state index in [1.54, 1.807) is 40.6 Å². The van der Waals surface area contributed by atoms with Gasteiger partial charge in [-0.15, -0.1) is 0 Å². The van der Waals surface area contributed by atoms with Crippen molar-refractivity contribution in [1.82, 2.24) is 10.1 Å². The highest BCUT2D eigenvalue weighted by molar-refractivity contribution is 5.63. The molecule has 1 heterocycles. The van der Waals surface area contributed by atoms with Crippen LogP contribution in [0, 0.1) is 0 Å². The minimum atomic E-state index is 0.374. The minimum absolute atomic E-state index is 0.374. The van der Waals surface area contributed by atoms with Crippen LogP contribution in [-0.2, 0) is 6.61 Å². The van der Waals surface area contributed by atoms with Crippen LogP contribution in [0.1, 0.15) is 5.56 Å². The Kier molecular flexibility index (Phi) is 6.64. The van der Waals surface area contributed by atoms with Gasteiger partial charge in [-0.3, -0.25) is 0 Å². The number of aromatic nitrogens is 2. The van der Waals surface area contributed by atoms with Crippen molar-refractivity contribution >= 4 is 0 Å². The van der Waals surface area contributed by atoms with Crippen LogP contribution in [0.3, 0.4) is 0 Å². The van der Waals surface area contributed by atoms with E-state index in [2.05, 4.69) is 10.1 Å². The van der Waals surface area contributed by atoms with E-state index in [0.29, 0.717) is 47.1 Å². The molecule has 0 N–H and O–H groups in total. The smallest absolute Gasteiger partial charge is 0.258 e. The molecule has 0 unspecified atom stereocenters. The Morgan fingerprint density at radius 1 is 0.667 bits per heavy atom. The van der Waals surface area contributed by atoms with Gasteiger partial charge in [-0.25, -0.2) is 0 Å². The summed E-state index contributed by atoms with van der Waals surface area (Å²) in [5.41, 5.74) is 2.48. The molecule has 0 radical (unpaired) electrons. The SMILES string of the molecule is COc1cc(COc2ccc(-c3noc(-c4ccc(OC)c(OC)c4)n3)cc2)cc(OC)c1. The maximum atomic E-state index is 5.90. The summed E-state index contributed by atoms with van der Waals surface area (Å²) in [6.45, 7) is 0.374. The standard InChI is InChI=1S/C25H24N2O6/c1-28-20-11-16(12-21(14-20)29-2)15-32-19-8-5-17(6-9-19)24-26-25(33-27-24)18-7-10-22(30-3)23(13-18)31-4/h5-14H,15H2,1-4H3. The number of methoxy groups -OCH3 is 4. The zero-order chi connectivity index (χ0) is 23.2. The largest absolute Gasteiger partial charge is 0.497 e. The van der Waals surface area contributed by atoms with Crippen molar-refractivity contribution in [2.75, 3.05) is 28.4 Å². The number of ether oxygens (including phenoxy) is 5. The Bertz CT molecular complexity index is 1200. The first kappa shape index (κ1) is 22.0.